The molecule has 2 N–H and O–H groups in total. The Balaban J connectivity index is 2.05. The molecule has 2 amide bonds. The molecule has 29 heavy (non-hydrogen) atoms. The molecule has 0 saturated heterocycles. The lowest BCUT2D eigenvalue weighted by atomic mass is 10.3. The number of carbonyl (C=O) groups is 2. The topological polar surface area (TPSA) is 108 Å². The van der Waals surface area contributed by atoms with Crippen LogP contribution in [0, 0.1) is 6.92 Å². The van der Waals surface area contributed by atoms with Crippen LogP contribution < -0.4 is 10.6 Å². The summed E-state index contributed by atoms with van der Waals surface area (Å²) < 4.78 is 62.6. The smallest absolute Gasteiger partial charge is 0.318 e. The average molecular weight is 430 g/mol. The number of rotatable bonds is 6. The maximum absolute atomic E-state index is 12.5. The molecule has 2 rings (SSSR count). The van der Waals surface area contributed by atoms with Crippen LogP contribution in [0.5, 0.6) is 0 Å². The number of amides is 2. The number of hydrogen-bond donors (Lipinski definition) is 2. The molecule has 0 aliphatic rings. The van der Waals surface area contributed by atoms with Gasteiger partial charge in [-0.3, -0.25) is 9.59 Å². The van der Waals surface area contributed by atoms with Crippen LogP contribution in [0.1, 0.15) is 5.69 Å². The molecule has 0 atom stereocenters. The van der Waals surface area contributed by atoms with Gasteiger partial charge >= 0.3 is 12.1 Å². The second-order valence-corrected chi connectivity index (χ2v) is 7.99. The van der Waals surface area contributed by atoms with Crippen molar-refractivity contribution in [2.24, 2.45) is 0 Å². The summed E-state index contributed by atoms with van der Waals surface area (Å²) in [6.07, 6.45) is -5.07. The number of anilines is 2. The van der Waals surface area contributed by atoms with Crippen molar-refractivity contribution in [3.8, 4) is 0 Å². The standard InChI is InChI=1S/C17H17F3N4O4S/c1-11-4-3-5-14(21-11)23-15(25)10-24(2)29(27,28)13-8-6-12(7-9-13)22-16(26)17(18,19)20/h3-9H,10H2,1-2H3,(H,22,26)(H,21,23,25). The molecule has 1 aromatic heterocycles. The summed E-state index contributed by atoms with van der Waals surface area (Å²) in [6.45, 7) is 1.22. The highest BCUT2D eigenvalue weighted by Crippen LogP contribution is 2.21. The number of aryl methyl sites for hydroxylation is 1. The predicted octanol–water partition coefficient (Wildman–Crippen LogP) is 2.15. The van der Waals surface area contributed by atoms with Gasteiger partial charge in [-0.25, -0.2) is 13.4 Å². The van der Waals surface area contributed by atoms with Crippen molar-refractivity contribution in [1.29, 1.82) is 0 Å². The Morgan fingerprint density at radius 3 is 2.24 bits per heavy atom. The van der Waals surface area contributed by atoms with Crippen molar-refractivity contribution >= 4 is 33.3 Å². The molecule has 0 saturated carbocycles. The van der Waals surface area contributed by atoms with Crippen LogP contribution >= 0.6 is 0 Å². The third-order valence-corrected chi connectivity index (χ3v) is 5.42. The van der Waals surface area contributed by atoms with Crippen LogP contribution in [0.4, 0.5) is 24.7 Å². The number of benzene rings is 1. The number of nitrogens with zero attached hydrogens (tertiary/aromatic N) is 2. The van der Waals surface area contributed by atoms with Crippen molar-refractivity contribution in [2.45, 2.75) is 18.0 Å². The average Bonchev–Trinajstić information content (AvgIpc) is 2.61. The number of sulfonamides is 1. The fourth-order valence-electron chi connectivity index (χ4n) is 2.17. The van der Waals surface area contributed by atoms with Gasteiger partial charge in [0.2, 0.25) is 15.9 Å². The van der Waals surface area contributed by atoms with Crippen molar-refractivity contribution in [3.63, 3.8) is 0 Å². The second kappa shape index (κ2) is 8.57. The minimum atomic E-state index is -5.07. The van der Waals surface area contributed by atoms with E-state index in [1.807, 2.05) is 0 Å². The lowest BCUT2D eigenvalue weighted by Crippen LogP contribution is -2.35. The third kappa shape index (κ3) is 5.99. The quantitative estimate of drug-likeness (QED) is 0.730. The molecule has 0 unspecified atom stereocenters. The van der Waals surface area contributed by atoms with Crippen LogP contribution in [0.25, 0.3) is 0 Å². The number of likely N-dealkylation sites (N-methyl/N-ethyl adjacent to an activating group) is 1. The molecule has 0 aliphatic heterocycles. The molecule has 8 nitrogen and oxygen atoms in total. The fraction of sp³-hybridized carbons (Fsp3) is 0.235. The van der Waals surface area contributed by atoms with E-state index in [9.17, 15) is 31.2 Å². The van der Waals surface area contributed by atoms with E-state index >= 15 is 0 Å². The van der Waals surface area contributed by atoms with Crippen molar-refractivity contribution in [3.05, 3.63) is 48.2 Å². The van der Waals surface area contributed by atoms with E-state index in [2.05, 4.69) is 10.3 Å². The molecule has 1 heterocycles. The van der Waals surface area contributed by atoms with Crippen LogP contribution in [0.2, 0.25) is 0 Å². The van der Waals surface area contributed by atoms with Gasteiger partial charge in [-0.15, -0.1) is 0 Å². The van der Waals surface area contributed by atoms with Crippen LogP contribution in [-0.4, -0.2) is 49.3 Å². The SMILES string of the molecule is Cc1cccc(NC(=O)CN(C)S(=O)(=O)c2ccc(NC(=O)C(F)(F)F)cc2)n1. The van der Waals surface area contributed by atoms with Crippen LogP contribution in [0.3, 0.4) is 0 Å². The summed E-state index contributed by atoms with van der Waals surface area (Å²) in [6, 6.07) is 9.04. The summed E-state index contributed by atoms with van der Waals surface area (Å²) in [5.41, 5.74) is 0.443. The zero-order valence-corrected chi connectivity index (χ0v) is 16.1. The van der Waals surface area contributed by atoms with E-state index < -0.39 is 34.6 Å². The van der Waals surface area contributed by atoms with Crippen molar-refractivity contribution in [2.75, 3.05) is 24.2 Å². The van der Waals surface area contributed by atoms with E-state index in [0.717, 1.165) is 28.6 Å². The summed E-state index contributed by atoms with van der Waals surface area (Å²) in [7, 11) is -2.91. The van der Waals surface area contributed by atoms with E-state index in [4.69, 9.17) is 0 Å². The molecule has 156 valence electrons. The Kier molecular flexibility index (Phi) is 6.59. The molecule has 2 aromatic rings. The van der Waals surface area contributed by atoms with E-state index in [-0.39, 0.29) is 16.4 Å². The van der Waals surface area contributed by atoms with Gasteiger partial charge in [-0.1, -0.05) is 6.07 Å². The highest BCUT2D eigenvalue weighted by molar-refractivity contribution is 7.89. The predicted molar refractivity (Wildman–Crippen MR) is 98.5 cm³/mol. The summed E-state index contributed by atoms with van der Waals surface area (Å²) >= 11 is 0. The second-order valence-electron chi connectivity index (χ2n) is 5.95. The molecule has 1 aromatic carbocycles. The maximum atomic E-state index is 12.5. The van der Waals surface area contributed by atoms with Crippen LogP contribution in [-0.2, 0) is 19.6 Å². The number of hydrogen-bond acceptors (Lipinski definition) is 5. The van der Waals surface area contributed by atoms with E-state index in [1.165, 1.54) is 7.05 Å². The number of halogens is 3. The molecule has 0 radical (unpaired) electrons. The highest BCUT2D eigenvalue weighted by atomic mass is 32.2. The van der Waals surface area contributed by atoms with Gasteiger partial charge in [0, 0.05) is 18.4 Å². The first-order chi connectivity index (χ1) is 13.4. The van der Waals surface area contributed by atoms with Gasteiger partial charge in [0.05, 0.1) is 11.4 Å². The summed E-state index contributed by atoms with van der Waals surface area (Å²) in [5, 5.41) is 4.08. The van der Waals surface area contributed by atoms with Gasteiger partial charge in [0.1, 0.15) is 5.82 Å². The van der Waals surface area contributed by atoms with Gasteiger partial charge < -0.3 is 10.6 Å². The lowest BCUT2D eigenvalue weighted by Gasteiger charge is -2.17. The Morgan fingerprint density at radius 2 is 1.69 bits per heavy atom. The monoisotopic (exact) mass is 430 g/mol. The number of aromatic nitrogens is 1. The molecular formula is C17H17F3N4O4S. The molecule has 0 fully saturated rings. The number of alkyl halides is 3. The molecule has 0 spiro atoms. The summed E-state index contributed by atoms with van der Waals surface area (Å²) in [5.74, 6) is -2.53. The molecule has 12 heteroatoms. The zero-order valence-electron chi connectivity index (χ0n) is 15.3. The lowest BCUT2D eigenvalue weighted by molar-refractivity contribution is -0.167. The number of nitrogens with one attached hydrogen (secondary N) is 2. The Labute approximate surface area is 164 Å². The Bertz CT molecular complexity index is 1010. The first kappa shape index (κ1) is 22.3. The molecule has 0 bridgehead atoms. The van der Waals surface area contributed by atoms with Gasteiger partial charge in [-0.2, -0.15) is 17.5 Å². The van der Waals surface area contributed by atoms with Gasteiger partial charge in [0.15, 0.2) is 0 Å². The van der Waals surface area contributed by atoms with Crippen molar-refractivity contribution < 1.29 is 31.2 Å². The zero-order chi connectivity index (χ0) is 21.8. The first-order valence-electron chi connectivity index (χ1n) is 8.07. The first-order valence-corrected chi connectivity index (χ1v) is 9.51. The normalized spacial score (nSPS) is 11.9. The number of pyridine rings is 1. The fourth-order valence-corrected chi connectivity index (χ4v) is 3.30. The van der Waals surface area contributed by atoms with E-state index in [1.54, 1.807) is 30.4 Å². The molecule has 0 aliphatic carbocycles. The Hall–Kier alpha value is -2.99. The minimum absolute atomic E-state index is 0.225. The molecular weight excluding hydrogens is 413 g/mol. The van der Waals surface area contributed by atoms with E-state index in [0.29, 0.717) is 5.69 Å². The third-order valence-electron chi connectivity index (χ3n) is 3.60. The minimum Gasteiger partial charge on any atom is -0.318 e. The van der Waals surface area contributed by atoms with Gasteiger partial charge in [0.25, 0.3) is 0 Å². The van der Waals surface area contributed by atoms with Gasteiger partial charge in [-0.05, 0) is 43.3 Å². The summed E-state index contributed by atoms with van der Waals surface area (Å²) in [4.78, 5) is 26.8. The number of carbonyl (C=O) groups excluding carboxylic acids is 2. The van der Waals surface area contributed by atoms with Crippen molar-refractivity contribution in [1.82, 2.24) is 9.29 Å². The van der Waals surface area contributed by atoms with Crippen LogP contribution in [0.15, 0.2) is 47.4 Å². The highest BCUT2D eigenvalue weighted by Gasteiger charge is 2.38. The largest absolute Gasteiger partial charge is 0.471 e. The Morgan fingerprint density at radius 1 is 1.07 bits per heavy atom. The maximum Gasteiger partial charge on any atom is 0.471 e.